The second kappa shape index (κ2) is 5.60. The molecule has 0 saturated carbocycles. The molecule has 0 saturated heterocycles. The van der Waals surface area contributed by atoms with Gasteiger partial charge in [-0.3, -0.25) is 4.79 Å². The summed E-state index contributed by atoms with van der Waals surface area (Å²) in [5.41, 5.74) is 0. The van der Waals surface area contributed by atoms with E-state index in [0.717, 1.165) is 0 Å². The number of carbonyl (C=O) groups excluding carboxylic acids is 1. The van der Waals surface area contributed by atoms with Gasteiger partial charge >= 0.3 is 35.5 Å². The van der Waals surface area contributed by atoms with Crippen molar-refractivity contribution in [2.45, 2.75) is 6.92 Å². The third kappa shape index (κ3) is 3.59. The summed E-state index contributed by atoms with van der Waals surface area (Å²) in [4.78, 5) is 10.5. The molecule has 0 N–H and O–H groups in total. The Morgan fingerprint density at radius 3 is 2.58 bits per heavy atom. The first-order chi connectivity index (χ1) is 5.20. The fourth-order valence-electron chi connectivity index (χ4n) is 0.682. The van der Waals surface area contributed by atoms with Gasteiger partial charge in [0.05, 0.1) is 5.02 Å². The summed E-state index contributed by atoms with van der Waals surface area (Å²) >= 11 is 5.69. The van der Waals surface area contributed by atoms with E-state index in [1.807, 2.05) is 0 Å². The fraction of sp³-hybridized carbons (Fsp3) is 0.125. The van der Waals surface area contributed by atoms with E-state index in [2.05, 4.69) is 0 Å². The van der Waals surface area contributed by atoms with Crippen LogP contribution >= 0.6 is 11.6 Å². The molecule has 0 atom stereocenters. The van der Waals surface area contributed by atoms with Crippen molar-refractivity contribution >= 4 is 17.6 Å². The molecule has 12 heavy (non-hydrogen) atoms. The zero-order valence-corrected chi connectivity index (χ0v) is 9.76. The van der Waals surface area contributed by atoms with Crippen molar-refractivity contribution in [3.8, 4) is 5.75 Å². The Morgan fingerprint density at radius 1 is 1.50 bits per heavy atom. The van der Waals surface area contributed by atoms with Crippen LogP contribution in [-0.2, 0) is 4.79 Å². The first-order valence-electron chi connectivity index (χ1n) is 3.13. The van der Waals surface area contributed by atoms with Crippen molar-refractivity contribution in [3.05, 3.63) is 29.3 Å². The van der Waals surface area contributed by atoms with Crippen LogP contribution in [0.4, 0.5) is 0 Å². The molecule has 2 nitrogen and oxygen atoms in total. The fourth-order valence-corrected chi connectivity index (χ4v) is 0.857. The maximum absolute atomic E-state index is 10.5. The third-order valence-corrected chi connectivity index (χ3v) is 1.40. The minimum absolute atomic E-state index is 0. The van der Waals surface area contributed by atoms with Gasteiger partial charge in [-0.25, -0.2) is 0 Å². The average Bonchev–Trinajstić information content (AvgIpc) is 1.93. The van der Waals surface area contributed by atoms with Crippen molar-refractivity contribution in [3.63, 3.8) is 0 Å². The number of esters is 1. The Balaban J connectivity index is 0. The number of hydrogen-bond donors (Lipinski definition) is 0. The molecule has 4 heteroatoms. The molecule has 0 fully saturated rings. The van der Waals surface area contributed by atoms with Crippen molar-refractivity contribution in [2.75, 3.05) is 0 Å². The molecule has 0 aliphatic rings. The number of carbonyl (C=O) groups is 1. The van der Waals surface area contributed by atoms with Crippen LogP contribution in [0.3, 0.4) is 0 Å². The quantitative estimate of drug-likeness (QED) is 0.339. The Bertz CT molecular complexity index is 281. The average molecular weight is 195 g/mol. The molecule has 0 radical (unpaired) electrons. The maximum atomic E-state index is 10.5. The minimum Gasteiger partial charge on any atom is -1.00 e. The minimum atomic E-state index is -0.363. The van der Waals surface area contributed by atoms with E-state index in [1.165, 1.54) is 6.92 Å². The normalized spacial score (nSPS) is 8.50. The van der Waals surface area contributed by atoms with E-state index >= 15 is 0 Å². The van der Waals surface area contributed by atoms with Crippen molar-refractivity contribution in [1.82, 2.24) is 0 Å². The van der Waals surface area contributed by atoms with Gasteiger partial charge in [0.25, 0.3) is 0 Å². The van der Waals surface area contributed by atoms with Crippen molar-refractivity contribution in [2.24, 2.45) is 0 Å². The number of halogens is 1. The standard InChI is InChI=1S/C8H7ClO2.Na.H/c1-6(10)11-8-5-3-2-4-7(8)9;;/h2-5H,1H3;;/q;+1;-1. The van der Waals surface area contributed by atoms with Gasteiger partial charge in [0.2, 0.25) is 0 Å². The number of para-hydroxylation sites is 1. The smallest absolute Gasteiger partial charge is 1.00 e. The molecule has 0 unspecified atom stereocenters. The van der Waals surface area contributed by atoms with Gasteiger partial charge in [0, 0.05) is 6.92 Å². The summed E-state index contributed by atoms with van der Waals surface area (Å²) < 4.78 is 4.77. The maximum Gasteiger partial charge on any atom is 1.00 e. The molecule has 1 rings (SSSR count). The van der Waals surface area contributed by atoms with Gasteiger partial charge in [-0.2, -0.15) is 0 Å². The molecular weight excluding hydrogens is 187 g/mol. The first-order valence-corrected chi connectivity index (χ1v) is 3.51. The van der Waals surface area contributed by atoms with Crippen LogP contribution in [0.2, 0.25) is 5.02 Å². The van der Waals surface area contributed by atoms with Crippen LogP contribution in [-0.4, -0.2) is 5.97 Å². The number of hydrogen-bond acceptors (Lipinski definition) is 2. The molecule has 0 heterocycles. The molecule has 0 amide bonds. The van der Waals surface area contributed by atoms with Crippen molar-refractivity contribution in [1.29, 1.82) is 0 Å². The van der Waals surface area contributed by atoms with Gasteiger partial charge in [0.1, 0.15) is 5.75 Å². The molecule has 1 aromatic carbocycles. The summed E-state index contributed by atoms with van der Waals surface area (Å²) in [6.45, 7) is 1.34. The van der Waals surface area contributed by atoms with E-state index in [4.69, 9.17) is 16.3 Å². The predicted molar refractivity (Wildman–Crippen MR) is 43.9 cm³/mol. The first kappa shape index (κ1) is 12.0. The largest absolute Gasteiger partial charge is 1.00 e. The zero-order valence-electron chi connectivity index (χ0n) is 8.00. The van der Waals surface area contributed by atoms with Gasteiger partial charge in [-0.05, 0) is 12.1 Å². The van der Waals surface area contributed by atoms with E-state index in [1.54, 1.807) is 24.3 Å². The summed E-state index contributed by atoms with van der Waals surface area (Å²) in [7, 11) is 0. The topological polar surface area (TPSA) is 26.3 Å². The van der Waals surface area contributed by atoms with E-state index in [-0.39, 0.29) is 37.0 Å². The summed E-state index contributed by atoms with van der Waals surface area (Å²) in [5, 5.41) is 0.447. The number of benzene rings is 1. The Hall–Kier alpha value is -0.0200. The molecule has 60 valence electrons. The zero-order chi connectivity index (χ0) is 8.27. The Morgan fingerprint density at radius 2 is 2.08 bits per heavy atom. The van der Waals surface area contributed by atoms with Crippen LogP contribution in [0.15, 0.2) is 24.3 Å². The molecule has 0 spiro atoms. The summed E-state index contributed by atoms with van der Waals surface area (Å²) in [6, 6.07) is 6.84. The number of ether oxygens (including phenoxy) is 1. The summed E-state index contributed by atoms with van der Waals surface area (Å²) in [5.74, 6) is 0.0415. The van der Waals surface area contributed by atoms with Crippen LogP contribution < -0.4 is 34.3 Å². The van der Waals surface area contributed by atoms with Crippen molar-refractivity contribution < 1.29 is 40.5 Å². The Labute approximate surface area is 99.6 Å². The second-order valence-corrected chi connectivity index (χ2v) is 2.43. The summed E-state index contributed by atoms with van der Waals surface area (Å²) in [6.07, 6.45) is 0. The van der Waals surface area contributed by atoms with Gasteiger partial charge < -0.3 is 6.16 Å². The molecule has 1 aromatic rings. The molecule has 0 aromatic heterocycles. The van der Waals surface area contributed by atoms with E-state index in [0.29, 0.717) is 10.8 Å². The molecule has 0 aliphatic heterocycles. The molecule has 0 bridgehead atoms. The van der Waals surface area contributed by atoms with Crippen LogP contribution in [0.5, 0.6) is 5.75 Å². The second-order valence-electron chi connectivity index (χ2n) is 2.02. The van der Waals surface area contributed by atoms with Crippen LogP contribution in [0.25, 0.3) is 0 Å². The van der Waals surface area contributed by atoms with Gasteiger partial charge in [-0.15, -0.1) is 0 Å². The van der Waals surface area contributed by atoms with Crippen LogP contribution in [0, 0.1) is 0 Å². The predicted octanol–water partition coefficient (Wildman–Crippen LogP) is -0.618. The van der Waals surface area contributed by atoms with Crippen LogP contribution in [0.1, 0.15) is 8.35 Å². The van der Waals surface area contributed by atoms with Gasteiger partial charge in [0.15, 0.2) is 0 Å². The SMILES string of the molecule is CC(=O)Oc1ccccc1Cl.[H-].[Na+]. The van der Waals surface area contributed by atoms with E-state index in [9.17, 15) is 4.79 Å². The van der Waals surface area contributed by atoms with E-state index < -0.39 is 0 Å². The van der Waals surface area contributed by atoms with Gasteiger partial charge in [-0.1, -0.05) is 23.7 Å². The monoisotopic (exact) mass is 194 g/mol. The molecule has 0 aliphatic carbocycles. The molecular formula is C8H8ClNaO2. The number of rotatable bonds is 1. The third-order valence-electron chi connectivity index (χ3n) is 1.09. The Kier molecular flexibility index (Phi) is 5.59.